The zero-order chi connectivity index (χ0) is 38.0. The van der Waals surface area contributed by atoms with Crippen molar-refractivity contribution in [1.29, 1.82) is 0 Å². The predicted molar refractivity (Wildman–Crippen MR) is 210 cm³/mol. The third-order valence-corrected chi connectivity index (χ3v) is 12.9. The number of carbonyl (C=O) groups is 2. The molecule has 6 nitrogen and oxygen atoms in total. The second-order valence-electron chi connectivity index (χ2n) is 13.1. The Balaban J connectivity index is 0.991. The number of hydrogen-bond donors (Lipinski definition) is 0. The van der Waals surface area contributed by atoms with Crippen LogP contribution in [0.5, 0.6) is 0 Å². The summed E-state index contributed by atoms with van der Waals surface area (Å²) < 4.78 is 52.2. The van der Waals surface area contributed by atoms with Gasteiger partial charge in [-0.05, 0) is 84.6 Å². The van der Waals surface area contributed by atoms with Crippen LogP contribution < -0.4 is 0 Å². The highest BCUT2D eigenvalue weighted by Gasteiger charge is 2.19. The van der Waals surface area contributed by atoms with Gasteiger partial charge in [0.25, 0.3) is 0 Å². The first kappa shape index (κ1) is 36.2. The van der Waals surface area contributed by atoms with Gasteiger partial charge in [-0.1, -0.05) is 132 Å². The summed E-state index contributed by atoms with van der Waals surface area (Å²) in [5.74, 6) is -0.385. The average Bonchev–Trinajstić information content (AvgIpc) is 3.21. The number of sulfone groups is 2. The lowest BCUT2D eigenvalue weighted by molar-refractivity contribution is 0.102. The summed E-state index contributed by atoms with van der Waals surface area (Å²) in [4.78, 5) is 27.5. The maximum Gasteiger partial charge on any atom is 0.206 e. The average molecular weight is 747 g/mol. The van der Waals surface area contributed by atoms with E-state index in [1.165, 1.54) is 0 Å². The quantitative estimate of drug-likeness (QED) is 0.129. The fraction of sp³-hybridized carbons (Fsp3) is 0.0435. The number of aryl methyl sites for hydroxylation is 2. The molecule has 0 saturated heterocycles. The molecule has 0 aliphatic rings. The molecule has 266 valence electrons. The summed E-state index contributed by atoms with van der Waals surface area (Å²) in [6.45, 7) is 3.81. The Kier molecular flexibility index (Phi) is 9.81. The normalized spacial score (nSPS) is 11.6. The van der Waals surface area contributed by atoms with Gasteiger partial charge in [0.1, 0.15) is 0 Å². The van der Waals surface area contributed by atoms with Crippen molar-refractivity contribution in [1.82, 2.24) is 0 Å². The van der Waals surface area contributed by atoms with Crippen LogP contribution in [0.25, 0.3) is 22.3 Å². The largest absolute Gasteiger partial charge is 0.289 e. The van der Waals surface area contributed by atoms with Crippen LogP contribution in [0.15, 0.2) is 189 Å². The first-order valence-electron chi connectivity index (χ1n) is 17.1. The second-order valence-corrected chi connectivity index (χ2v) is 17.0. The van der Waals surface area contributed by atoms with Crippen molar-refractivity contribution in [3.8, 4) is 22.3 Å². The summed E-state index contributed by atoms with van der Waals surface area (Å²) in [5.41, 5.74) is 7.10. The van der Waals surface area contributed by atoms with Gasteiger partial charge in [0.2, 0.25) is 19.7 Å². The molecule has 7 aromatic rings. The van der Waals surface area contributed by atoms with E-state index in [9.17, 15) is 26.4 Å². The van der Waals surface area contributed by atoms with E-state index >= 15 is 0 Å². The van der Waals surface area contributed by atoms with Crippen molar-refractivity contribution < 1.29 is 26.4 Å². The molecule has 0 heterocycles. The molecule has 0 atom stereocenters. The minimum atomic E-state index is -3.63. The van der Waals surface area contributed by atoms with Crippen LogP contribution >= 0.6 is 0 Å². The summed E-state index contributed by atoms with van der Waals surface area (Å²) >= 11 is 0. The van der Waals surface area contributed by atoms with Gasteiger partial charge in [-0.25, -0.2) is 16.8 Å². The molecule has 0 radical (unpaired) electrons. The maximum absolute atomic E-state index is 13.3. The van der Waals surface area contributed by atoms with Crippen molar-refractivity contribution in [3.63, 3.8) is 0 Å². The van der Waals surface area contributed by atoms with Gasteiger partial charge in [0.05, 0.1) is 19.6 Å². The van der Waals surface area contributed by atoms with Crippen molar-refractivity contribution in [2.75, 3.05) is 0 Å². The number of benzene rings is 7. The van der Waals surface area contributed by atoms with Gasteiger partial charge in [-0.3, -0.25) is 9.59 Å². The van der Waals surface area contributed by atoms with Crippen molar-refractivity contribution in [2.24, 2.45) is 0 Å². The number of ketones is 2. The zero-order valence-corrected chi connectivity index (χ0v) is 31.1. The highest BCUT2D eigenvalue weighted by Crippen LogP contribution is 2.28. The summed E-state index contributed by atoms with van der Waals surface area (Å²) in [5, 5.41) is 0. The van der Waals surface area contributed by atoms with Crippen molar-refractivity contribution in [3.05, 3.63) is 203 Å². The van der Waals surface area contributed by atoms with Crippen LogP contribution in [-0.4, -0.2) is 28.4 Å². The molecule has 0 spiro atoms. The molecule has 54 heavy (non-hydrogen) atoms. The topological polar surface area (TPSA) is 102 Å². The highest BCUT2D eigenvalue weighted by molar-refractivity contribution is 7.91. The first-order valence-corrected chi connectivity index (χ1v) is 20.1. The molecule has 7 rings (SSSR count). The predicted octanol–water partition coefficient (Wildman–Crippen LogP) is 9.77. The molecule has 0 N–H and O–H groups in total. The Morgan fingerprint density at radius 1 is 0.296 bits per heavy atom. The third-order valence-electron chi connectivity index (χ3n) is 9.36. The van der Waals surface area contributed by atoms with Crippen LogP contribution in [0.2, 0.25) is 0 Å². The van der Waals surface area contributed by atoms with Gasteiger partial charge in [0, 0.05) is 22.3 Å². The molecule has 8 heteroatoms. The number of rotatable bonds is 10. The molecule has 0 aromatic heterocycles. The van der Waals surface area contributed by atoms with Gasteiger partial charge in [0.15, 0.2) is 11.6 Å². The van der Waals surface area contributed by atoms with Crippen LogP contribution in [0.1, 0.15) is 43.0 Å². The molecule has 0 unspecified atom stereocenters. The molecule has 0 amide bonds. The van der Waals surface area contributed by atoms with E-state index in [1.807, 2.05) is 38.1 Å². The Bertz CT molecular complexity index is 2510. The standard InChI is InChI=1S/C46H34O6S2/c1-31-3-23-41(24-4-31)53(49,50)43-27-19-35(20-28-43)33-7-11-37(12-8-33)45(47)39-15-17-40(18-16-39)46(48)38-13-9-34(10-14-38)36-21-29-44(30-22-36)54(51,52)42-25-5-32(2)6-26-42/h3-30H,1-2H3. The number of carbonyl (C=O) groups excluding carboxylic acids is 2. The summed E-state index contributed by atoms with van der Waals surface area (Å²) in [6.07, 6.45) is 0. The Morgan fingerprint density at radius 2 is 0.481 bits per heavy atom. The summed E-state index contributed by atoms with van der Waals surface area (Å²) in [6, 6.07) is 47.6. The van der Waals surface area contributed by atoms with Gasteiger partial charge < -0.3 is 0 Å². The minimum Gasteiger partial charge on any atom is -0.289 e. The van der Waals surface area contributed by atoms with Crippen molar-refractivity contribution in [2.45, 2.75) is 33.4 Å². The highest BCUT2D eigenvalue weighted by atomic mass is 32.2. The molecule has 7 aromatic carbocycles. The maximum atomic E-state index is 13.3. The molecular weight excluding hydrogens is 713 g/mol. The fourth-order valence-corrected chi connectivity index (χ4v) is 8.62. The van der Waals surface area contributed by atoms with Gasteiger partial charge in [-0.15, -0.1) is 0 Å². The molecule has 0 saturated carbocycles. The fourth-order valence-electron chi connectivity index (χ4n) is 6.09. The molecule has 0 aliphatic carbocycles. The van der Waals surface area contributed by atoms with Gasteiger partial charge >= 0.3 is 0 Å². The van der Waals surface area contributed by atoms with E-state index < -0.39 is 19.7 Å². The van der Waals surface area contributed by atoms with Crippen LogP contribution in [0, 0.1) is 13.8 Å². The Labute approximate surface area is 315 Å². The molecule has 0 bridgehead atoms. The minimum absolute atomic E-state index is 0.192. The number of hydrogen-bond acceptors (Lipinski definition) is 6. The third kappa shape index (κ3) is 7.35. The van der Waals surface area contributed by atoms with E-state index in [1.54, 1.807) is 146 Å². The Hall–Kier alpha value is -6.22. The van der Waals surface area contributed by atoms with Crippen LogP contribution in [0.4, 0.5) is 0 Å². The lowest BCUT2D eigenvalue weighted by Gasteiger charge is -2.09. The molecule has 0 fully saturated rings. The van der Waals surface area contributed by atoms with E-state index in [2.05, 4.69) is 0 Å². The van der Waals surface area contributed by atoms with Crippen LogP contribution in [-0.2, 0) is 19.7 Å². The van der Waals surface area contributed by atoms with E-state index in [4.69, 9.17) is 0 Å². The summed E-state index contributed by atoms with van der Waals surface area (Å²) in [7, 11) is -7.27. The SMILES string of the molecule is Cc1ccc(S(=O)(=O)c2ccc(-c3ccc(C(=O)c4ccc(C(=O)c5ccc(-c6ccc(S(=O)(=O)c7ccc(C)cc7)cc6)cc5)cc4)cc3)cc2)cc1. The van der Waals surface area contributed by atoms with E-state index in [-0.39, 0.29) is 31.1 Å². The van der Waals surface area contributed by atoms with Crippen LogP contribution in [0.3, 0.4) is 0 Å². The lowest BCUT2D eigenvalue weighted by atomic mass is 9.96. The molecule has 0 aliphatic heterocycles. The second kappa shape index (κ2) is 14.7. The first-order chi connectivity index (χ1) is 25.9. The van der Waals surface area contributed by atoms with E-state index in [0.29, 0.717) is 22.3 Å². The smallest absolute Gasteiger partial charge is 0.206 e. The Morgan fingerprint density at radius 3 is 0.722 bits per heavy atom. The van der Waals surface area contributed by atoms with Gasteiger partial charge in [-0.2, -0.15) is 0 Å². The monoisotopic (exact) mass is 746 g/mol. The lowest BCUT2D eigenvalue weighted by Crippen LogP contribution is -2.04. The zero-order valence-electron chi connectivity index (χ0n) is 29.4. The van der Waals surface area contributed by atoms with E-state index in [0.717, 1.165) is 33.4 Å². The molecular formula is C46H34O6S2. The van der Waals surface area contributed by atoms with Crippen molar-refractivity contribution >= 4 is 31.2 Å².